The Morgan fingerprint density at radius 3 is 2.31 bits per heavy atom. The number of hydrogen-bond acceptors (Lipinski definition) is 6. The molecule has 2 rings (SSSR count). The van der Waals surface area contributed by atoms with Gasteiger partial charge in [-0.15, -0.1) is 0 Å². The molecule has 156 valence electrons. The van der Waals surface area contributed by atoms with E-state index in [9.17, 15) is 18.4 Å². The van der Waals surface area contributed by atoms with Crippen LogP contribution < -0.4 is 19.5 Å². The van der Waals surface area contributed by atoms with Crippen LogP contribution in [0.15, 0.2) is 42.5 Å². The van der Waals surface area contributed by atoms with E-state index < -0.39 is 25.1 Å². The van der Waals surface area contributed by atoms with Gasteiger partial charge in [0.05, 0.1) is 19.8 Å². The minimum absolute atomic E-state index is 0.0647. The van der Waals surface area contributed by atoms with E-state index in [1.807, 2.05) is 0 Å². The van der Waals surface area contributed by atoms with Crippen LogP contribution in [0.4, 0.5) is 8.78 Å². The molecule has 0 unspecified atom stereocenters. The molecule has 0 radical (unpaired) electrons. The van der Waals surface area contributed by atoms with Crippen LogP contribution in [0.1, 0.15) is 15.9 Å². The predicted molar refractivity (Wildman–Crippen MR) is 99.6 cm³/mol. The third-order valence-corrected chi connectivity index (χ3v) is 3.84. The van der Waals surface area contributed by atoms with E-state index in [1.54, 1.807) is 18.2 Å². The van der Waals surface area contributed by atoms with Crippen molar-refractivity contribution in [2.45, 2.75) is 13.0 Å². The number of carbonyl (C=O) groups excluding carboxylic acids is 2. The number of esters is 1. The van der Waals surface area contributed by atoms with Gasteiger partial charge in [0.1, 0.15) is 5.75 Å². The van der Waals surface area contributed by atoms with Crippen LogP contribution in [0.3, 0.4) is 0 Å². The van der Waals surface area contributed by atoms with Gasteiger partial charge < -0.3 is 24.3 Å². The van der Waals surface area contributed by atoms with Crippen molar-refractivity contribution in [2.24, 2.45) is 0 Å². The summed E-state index contributed by atoms with van der Waals surface area (Å²) in [5.41, 5.74) is 1.05. The summed E-state index contributed by atoms with van der Waals surface area (Å²) in [5.74, 6) is -0.228. The number of rotatable bonds is 10. The zero-order chi connectivity index (χ0) is 21.2. The highest BCUT2D eigenvalue weighted by Gasteiger charge is 2.13. The van der Waals surface area contributed by atoms with Gasteiger partial charge >= 0.3 is 12.6 Å². The molecule has 0 heterocycles. The number of alkyl halides is 2. The van der Waals surface area contributed by atoms with Crippen molar-refractivity contribution < 1.29 is 37.3 Å². The van der Waals surface area contributed by atoms with Crippen molar-refractivity contribution in [1.29, 1.82) is 0 Å². The van der Waals surface area contributed by atoms with Crippen molar-refractivity contribution in [1.82, 2.24) is 5.32 Å². The molecule has 1 N–H and O–H groups in total. The minimum Gasteiger partial charge on any atom is -0.493 e. The number of halogens is 2. The highest BCUT2D eigenvalue weighted by molar-refractivity contribution is 5.92. The molecule has 7 nitrogen and oxygen atoms in total. The lowest BCUT2D eigenvalue weighted by Crippen LogP contribution is -2.30. The zero-order valence-electron chi connectivity index (χ0n) is 15.9. The summed E-state index contributed by atoms with van der Waals surface area (Å²) in [7, 11) is 2.92. The van der Waals surface area contributed by atoms with Crippen molar-refractivity contribution in [3.63, 3.8) is 0 Å². The molecule has 0 aromatic heterocycles. The van der Waals surface area contributed by atoms with E-state index >= 15 is 0 Å². The van der Waals surface area contributed by atoms with Crippen LogP contribution in [-0.4, -0.2) is 45.9 Å². The number of amides is 1. The summed E-state index contributed by atoms with van der Waals surface area (Å²) in [4.78, 5) is 23.9. The third kappa shape index (κ3) is 6.95. The van der Waals surface area contributed by atoms with E-state index in [1.165, 1.54) is 38.5 Å². The first kappa shape index (κ1) is 21.9. The summed E-state index contributed by atoms with van der Waals surface area (Å²) in [6.45, 7) is -3.02. The molecular formula is C20H21F2NO6. The van der Waals surface area contributed by atoms with Crippen molar-refractivity contribution in [3.8, 4) is 17.2 Å². The summed E-state index contributed by atoms with van der Waals surface area (Å²) < 4.78 is 43.7. The fourth-order valence-electron chi connectivity index (χ4n) is 2.41. The van der Waals surface area contributed by atoms with E-state index in [4.69, 9.17) is 14.2 Å². The fourth-order valence-corrected chi connectivity index (χ4v) is 2.41. The van der Waals surface area contributed by atoms with Crippen LogP contribution in [0.25, 0.3) is 0 Å². The first-order valence-electron chi connectivity index (χ1n) is 8.62. The fraction of sp³-hybridized carbons (Fsp3) is 0.300. The second-order valence-electron chi connectivity index (χ2n) is 5.77. The molecule has 9 heteroatoms. The molecule has 29 heavy (non-hydrogen) atoms. The number of methoxy groups -OCH3 is 2. The minimum atomic E-state index is -2.87. The summed E-state index contributed by atoms with van der Waals surface area (Å²) in [6, 6.07) is 10.6. The molecule has 1 amide bonds. The largest absolute Gasteiger partial charge is 0.493 e. The van der Waals surface area contributed by atoms with Gasteiger partial charge in [-0.2, -0.15) is 8.78 Å². The standard InChI is InChI=1S/C20H21F2NO6/c1-26-16-8-5-14(11-17(16)27-2)19(25)28-12-18(24)23-10-9-13-3-6-15(7-4-13)29-20(21)22/h3-8,11,20H,9-10,12H2,1-2H3,(H,23,24). The molecule has 0 aliphatic heterocycles. The number of hydrogen-bond donors (Lipinski definition) is 1. The average Bonchev–Trinajstić information content (AvgIpc) is 2.72. The van der Waals surface area contributed by atoms with Gasteiger partial charge in [0.2, 0.25) is 0 Å². The molecule has 0 aliphatic rings. The lowest BCUT2D eigenvalue weighted by molar-refractivity contribution is -0.124. The Morgan fingerprint density at radius 1 is 1.00 bits per heavy atom. The highest BCUT2D eigenvalue weighted by Crippen LogP contribution is 2.27. The molecule has 0 spiro atoms. The number of nitrogens with one attached hydrogen (secondary N) is 1. The normalized spacial score (nSPS) is 10.4. The zero-order valence-corrected chi connectivity index (χ0v) is 15.9. The quantitative estimate of drug-likeness (QED) is 0.608. The van der Waals surface area contributed by atoms with Gasteiger partial charge in [0.25, 0.3) is 5.91 Å². The van der Waals surface area contributed by atoms with Crippen LogP contribution in [0.5, 0.6) is 17.2 Å². The van der Waals surface area contributed by atoms with Crippen molar-refractivity contribution >= 4 is 11.9 Å². The Balaban J connectivity index is 1.75. The highest BCUT2D eigenvalue weighted by atomic mass is 19.3. The maximum Gasteiger partial charge on any atom is 0.387 e. The van der Waals surface area contributed by atoms with Crippen LogP contribution in [0, 0.1) is 0 Å². The predicted octanol–water partition coefficient (Wildman–Crippen LogP) is 2.82. The van der Waals surface area contributed by atoms with E-state index in [2.05, 4.69) is 10.1 Å². The number of benzene rings is 2. The molecule has 0 saturated carbocycles. The van der Waals surface area contributed by atoms with Crippen LogP contribution in [0.2, 0.25) is 0 Å². The third-order valence-electron chi connectivity index (χ3n) is 3.84. The molecule has 0 atom stereocenters. The van der Waals surface area contributed by atoms with E-state index in [0.29, 0.717) is 24.5 Å². The second kappa shape index (κ2) is 10.8. The molecule has 2 aromatic carbocycles. The van der Waals surface area contributed by atoms with Crippen molar-refractivity contribution in [2.75, 3.05) is 27.4 Å². The maximum absolute atomic E-state index is 12.1. The average molecular weight is 409 g/mol. The molecule has 0 saturated heterocycles. The van der Waals surface area contributed by atoms with Gasteiger partial charge in [-0.3, -0.25) is 4.79 Å². The Hall–Kier alpha value is -3.36. The Kier molecular flexibility index (Phi) is 8.20. The first-order valence-corrected chi connectivity index (χ1v) is 8.62. The Bertz CT molecular complexity index is 826. The molecule has 0 aliphatic carbocycles. The lowest BCUT2D eigenvalue weighted by Gasteiger charge is -2.10. The number of ether oxygens (including phenoxy) is 4. The summed E-state index contributed by atoms with van der Waals surface area (Å²) in [6.07, 6.45) is 0.477. The Labute approximate surface area is 166 Å². The van der Waals surface area contributed by atoms with Crippen molar-refractivity contribution in [3.05, 3.63) is 53.6 Å². The van der Waals surface area contributed by atoms with Gasteiger partial charge in [-0.05, 0) is 42.3 Å². The molecular weight excluding hydrogens is 388 g/mol. The molecule has 0 bridgehead atoms. The SMILES string of the molecule is COc1ccc(C(=O)OCC(=O)NCCc2ccc(OC(F)F)cc2)cc1OC. The maximum atomic E-state index is 12.1. The summed E-state index contributed by atoms with van der Waals surface area (Å²) >= 11 is 0. The Morgan fingerprint density at radius 2 is 1.69 bits per heavy atom. The molecule has 0 fully saturated rings. The monoisotopic (exact) mass is 409 g/mol. The van der Waals surface area contributed by atoms with E-state index in [-0.39, 0.29) is 11.3 Å². The molecule has 2 aromatic rings. The topological polar surface area (TPSA) is 83.1 Å². The van der Waals surface area contributed by atoms with Crippen LogP contribution in [-0.2, 0) is 16.0 Å². The summed E-state index contributed by atoms with van der Waals surface area (Å²) in [5, 5.41) is 2.61. The van der Waals surface area contributed by atoms with Crippen LogP contribution >= 0.6 is 0 Å². The lowest BCUT2D eigenvalue weighted by atomic mass is 10.1. The smallest absolute Gasteiger partial charge is 0.387 e. The van der Waals surface area contributed by atoms with Gasteiger partial charge in [-0.25, -0.2) is 4.79 Å². The van der Waals surface area contributed by atoms with Gasteiger partial charge in [-0.1, -0.05) is 12.1 Å². The van der Waals surface area contributed by atoms with Gasteiger partial charge in [0.15, 0.2) is 18.1 Å². The van der Waals surface area contributed by atoms with Gasteiger partial charge in [0, 0.05) is 6.54 Å². The second-order valence-corrected chi connectivity index (χ2v) is 5.77. The first-order chi connectivity index (χ1) is 13.9. The van der Waals surface area contributed by atoms with E-state index in [0.717, 1.165) is 5.56 Å². The number of carbonyl (C=O) groups is 2.